The fourth-order valence-electron chi connectivity index (χ4n) is 2.33. The van der Waals surface area contributed by atoms with E-state index in [9.17, 15) is 9.59 Å². The van der Waals surface area contributed by atoms with Crippen molar-refractivity contribution in [3.63, 3.8) is 0 Å². The van der Waals surface area contributed by atoms with Crippen LogP contribution in [0.5, 0.6) is 0 Å². The van der Waals surface area contributed by atoms with Crippen molar-refractivity contribution in [3.05, 3.63) is 76.9 Å². The maximum absolute atomic E-state index is 12.1. The summed E-state index contributed by atoms with van der Waals surface area (Å²) >= 11 is 5.78. The lowest BCUT2D eigenvalue weighted by Gasteiger charge is -2.09. The van der Waals surface area contributed by atoms with E-state index in [1.165, 1.54) is 12.1 Å². The summed E-state index contributed by atoms with van der Waals surface area (Å²) in [5, 5.41) is 7.59. The van der Waals surface area contributed by atoms with Gasteiger partial charge in [0.15, 0.2) is 6.61 Å². The average molecular weight is 370 g/mol. The molecular formula is C19H16ClN3O3. The lowest BCUT2D eigenvalue weighted by Crippen LogP contribution is -2.22. The zero-order valence-corrected chi connectivity index (χ0v) is 14.7. The Kier molecular flexibility index (Phi) is 5.34. The molecule has 3 aromatic rings. The van der Waals surface area contributed by atoms with Gasteiger partial charge in [-0.1, -0.05) is 29.8 Å². The molecule has 3 rings (SSSR count). The number of ether oxygens (including phenoxy) is 1. The molecule has 6 nitrogen and oxygen atoms in total. The van der Waals surface area contributed by atoms with Crippen LogP contribution in [0.3, 0.4) is 0 Å². The minimum absolute atomic E-state index is 0.326. The van der Waals surface area contributed by atoms with Crippen molar-refractivity contribution in [2.24, 2.45) is 0 Å². The number of benzene rings is 2. The van der Waals surface area contributed by atoms with Gasteiger partial charge in [-0.05, 0) is 43.3 Å². The van der Waals surface area contributed by atoms with Gasteiger partial charge < -0.3 is 10.1 Å². The lowest BCUT2D eigenvalue weighted by molar-refractivity contribution is -0.119. The number of hydrogen-bond acceptors (Lipinski definition) is 4. The molecule has 0 bridgehead atoms. The standard InChI is InChI=1S/C19H16ClN3O3/c1-13-11-17(23(22-13)16-5-3-2-4-6-16)21-18(24)12-26-19(25)14-7-9-15(20)10-8-14/h2-11H,12H2,1H3,(H,21,24). The number of halogens is 1. The number of esters is 1. The van der Waals surface area contributed by atoms with E-state index in [0.29, 0.717) is 16.4 Å². The molecule has 26 heavy (non-hydrogen) atoms. The molecule has 0 radical (unpaired) electrons. The number of amides is 1. The van der Waals surface area contributed by atoms with Gasteiger partial charge in [-0.2, -0.15) is 5.10 Å². The van der Waals surface area contributed by atoms with Crippen LogP contribution in [0.4, 0.5) is 5.82 Å². The third-order valence-electron chi connectivity index (χ3n) is 3.51. The molecule has 0 atom stereocenters. The molecule has 0 spiro atoms. The maximum atomic E-state index is 12.1. The number of para-hydroxylation sites is 1. The smallest absolute Gasteiger partial charge is 0.338 e. The van der Waals surface area contributed by atoms with Crippen molar-refractivity contribution in [3.8, 4) is 5.69 Å². The van der Waals surface area contributed by atoms with Crippen molar-refractivity contribution >= 4 is 29.3 Å². The van der Waals surface area contributed by atoms with E-state index in [-0.39, 0.29) is 0 Å². The highest BCUT2D eigenvalue weighted by Gasteiger charge is 2.13. The van der Waals surface area contributed by atoms with Gasteiger partial charge in [0, 0.05) is 11.1 Å². The molecule has 1 heterocycles. The summed E-state index contributed by atoms with van der Waals surface area (Å²) in [5.41, 5.74) is 1.89. The number of nitrogens with zero attached hydrogens (tertiary/aromatic N) is 2. The highest BCUT2D eigenvalue weighted by atomic mass is 35.5. The van der Waals surface area contributed by atoms with Crippen molar-refractivity contribution in [1.82, 2.24) is 9.78 Å². The Labute approximate surface area is 155 Å². The lowest BCUT2D eigenvalue weighted by atomic mass is 10.2. The van der Waals surface area contributed by atoms with Gasteiger partial charge in [0.25, 0.3) is 5.91 Å². The molecule has 0 saturated carbocycles. The summed E-state index contributed by atoms with van der Waals surface area (Å²) in [6, 6.07) is 17.4. The number of hydrogen-bond donors (Lipinski definition) is 1. The van der Waals surface area contributed by atoms with Crippen molar-refractivity contribution < 1.29 is 14.3 Å². The predicted octanol–water partition coefficient (Wildman–Crippen LogP) is 3.63. The summed E-state index contributed by atoms with van der Waals surface area (Å²) in [6.45, 7) is 1.43. The third kappa shape index (κ3) is 4.29. The molecule has 0 aliphatic carbocycles. The second kappa shape index (κ2) is 7.84. The second-order valence-electron chi connectivity index (χ2n) is 5.55. The Hall–Kier alpha value is -3.12. The molecule has 0 aliphatic rings. The van der Waals surface area contributed by atoms with E-state index in [1.54, 1.807) is 22.9 Å². The highest BCUT2D eigenvalue weighted by molar-refractivity contribution is 6.30. The molecule has 2 aromatic carbocycles. The van der Waals surface area contributed by atoms with E-state index >= 15 is 0 Å². The summed E-state index contributed by atoms with van der Waals surface area (Å²) in [7, 11) is 0. The monoisotopic (exact) mass is 369 g/mol. The van der Waals surface area contributed by atoms with Crippen LogP contribution in [-0.4, -0.2) is 28.3 Å². The maximum Gasteiger partial charge on any atom is 0.338 e. The highest BCUT2D eigenvalue weighted by Crippen LogP contribution is 2.17. The Bertz CT molecular complexity index is 921. The van der Waals surface area contributed by atoms with Gasteiger partial charge in [0.1, 0.15) is 5.82 Å². The van der Waals surface area contributed by atoms with Gasteiger partial charge in [0.2, 0.25) is 0 Å². The fraction of sp³-hybridized carbons (Fsp3) is 0.105. The number of aryl methyl sites for hydroxylation is 1. The fourth-order valence-corrected chi connectivity index (χ4v) is 2.46. The SMILES string of the molecule is Cc1cc(NC(=O)COC(=O)c2ccc(Cl)cc2)n(-c2ccccc2)n1. The van der Waals surface area contributed by atoms with Gasteiger partial charge >= 0.3 is 5.97 Å². The van der Waals surface area contributed by atoms with Crippen LogP contribution in [-0.2, 0) is 9.53 Å². The van der Waals surface area contributed by atoms with Crippen LogP contribution in [0.1, 0.15) is 16.1 Å². The van der Waals surface area contributed by atoms with Crippen molar-refractivity contribution in [2.75, 3.05) is 11.9 Å². The number of rotatable bonds is 5. The number of aromatic nitrogens is 2. The number of carbonyl (C=O) groups is 2. The Balaban J connectivity index is 1.64. The largest absolute Gasteiger partial charge is 0.452 e. The molecule has 0 saturated heterocycles. The summed E-state index contributed by atoms with van der Waals surface area (Å²) in [5.74, 6) is -0.546. The molecule has 0 aliphatic heterocycles. The Morgan fingerprint density at radius 1 is 1.12 bits per heavy atom. The predicted molar refractivity (Wildman–Crippen MR) is 98.7 cm³/mol. The van der Waals surface area contributed by atoms with E-state index in [0.717, 1.165) is 11.4 Å². The van der Waals surface area contributed by atoms with Crippen LogP contribution in [0, 0.1) is 6.92 Å². The van der Waals surface area contributed by atoms with Gasteiger partial charge in [-0.15, -0.1) is 0 Å². The first-order chi connectivity index (χ1) is 12.5. The van der Waals surface area contributed by atoms with Crippen LogP contribution in [0.15, 0.2) is 60.7 Å². The summed E-state index contributed by atoms with van der Waals surface area (Å²) in [6.07, 6.45) is 0. The first-order valence-electron chi connectivity index (χ1n) is 7.87. The van der Waals surface area contributed by atoms with Gasteiger partial charge in [-0.3, -0.25) is 4.79 Å². The zero-order valence-electron chi connectivity index (χ0n) is 14.0. The van der Waals surface area contributed by atoms with E-state index in [2.05, 4.69) is 10.4 Å². The molecule has 0 fully saturated rings. The third-order valence-corrected chi connectivity index (χ3v) is 3.77. The minimum atomic E-state index is -0.593. The van der Waals surface area contributed by atoms with E-state index in [4.69, 9.17) is 16.3 Å². The molecule has 132 valence electrons. The van der Waals surface area contributed by atoms with Crippen LogP contribution in [0.25, 0.3) is 5.69 Å². The van der Waals surface area contributed by atoms with E-state index < -0.39 is 18.5 Å². The first-order valence-corrected chi connectivity index (χ1v) is 8.25. The van der Waals surface area contributed by atoms with Crippen molar-refractivity contribution in [1.29, 1.82) is 0 Å². The number of anilines is 1. The van der Waals surface area contributed by atoms with E-state index in [1.807, 2.05) is 37.3 Å². The first kappa shape index (κ1) is 17.7. The molecule has 0 unspecified atom stereocenters. The average Bonchev–Trinajstić information content (AvgIpc) is 3.01. The molecule has 1 amide bonds. The molecular weight excluding hydrogens is 354 g/mol. The minimum Gasteiger partial charge on any atom is -0.452 e. The quantitative estimate of drug-likeness (QED) is 0.697. The topological polar surface area (TPSA) is 73.2 Å². The summed E-state index contributed by atoms with van der Waals surface area (Å²) in [4.78, 5) is 24.1. The van der Waals surface area contributed by atoms with Gasteiger partial charge in [0.05, 0.1) is 16.9 Å². The molecule has 7 heteroatoms. The number of nitrogens with one attached hydrogen (secondary N) is 1. The van der Waals surface area contributed by atoms with Crippen LogP contribution < -0.4 is 5.32 Å². The molecule has 1 aromatic heterocycles. The van der Waals surface area contributed by atoms with Crippen LogP contribution >= 0.6 is 11.6 Å². The molecule has 1 N–H and O–H groups in total. The summed E-state index contributed by atoms with van der Waals surface area (Å²) < 4.78 is 6.65. The Morgan fingerprint density at radius 3 is 2.50 bits per heavy atom. The second-order valence-corrected chi connectivity index (χ2v) is 5.99. The van der Waals surface area contributed by atoms with Crippen LogP contribution in [0.2, 0.25) is 5.02 Å². The zero-order chi connectivity index (χ0) is 18.5. The van der Waals surface area contributed by atoms with Gasteiger partial charge in [-0.25, -0.2) is 9.48 Å². The number of carbonyl (C=O) groups excluding carboxylic acids is 2. The van der Waals surface area contributed by atoms with Crippen molar-refractivity contribution in [2.45, 2.75) is 6.92 Å². The normalized spacial score (nSPS) is 10.4. The Morgan fingerprint density at radius 2 is 1.81 bits per heavy atom.